The smallest absolute Gasteiger partial charge is 0.247 e. The molecule has 0 aliphatic carbocycles. The molecule has 0 heterocycles. The molecular formula is C22H32N4O2+2. The Morgan fingerprint density at radius 1 is 0.607 bits per heavy atom. The number of hydrogen-bond donors (Lipinski definition) is 0. The summed E-state index contributed by atoms with van der Waals surface area (Å²) in [5.74, 6) is 0. The molecule has 0 bridgehead atoms. The molecule has 2 rings (SSSR count). The summed E-state index contributed by atoms with van der Waals surface area (Å²) < 4.78 is 1.28. The number of rotatable bonds is 9. The third kappa shape index (κ3) is 7.50. The first-order valence-electron chi connectivity index (χ1n) is 9.28. The van der Waals surface area contributed by atoms with Gasteiger partial charge in [0.2, 0.25) is 13.5 Å². The maximum Gasteiger partial charge on any atom is 0.247 e. The van der Waals surface area contributed by atoms with Crippen LogP contribution in [0, 0.1) is 0 Å². The van der Waals surface area contributed by atoms with Gasteiger partial charge in [-0.05, 0) is 0 Å². The summed E-state index contributed by atoms with van der Waals surface area (Å²) in [6, 6.07) is 19.8. The predicted molar refractivity (Wildman–Crippen MR) is 114 cm³/mol. The van der Waals surface area contributed by atoms with Gasteiger partial charge in [-0.1, -0.05) is 71.0 Å². The lowest BCUT2D eigenvalue weighted by Gasteiger charge is -2.22. The number of hydrogen-bond acceptors (Lipinski definition) is 4. The second-order valence-electron chi connectivity index (χ2n) is 8.71. The first-order valence-corrected chi connectivity index (χ1v) is 9.28. The van der Waals surface area contributed by atoms with Crippen molar-refractivity contribution in [2.45, 2.75) is 0 Å². The van der Waals surface area contributed by atoms with Crippen molar-refractivity contribution in [2.75, 3.05) is 55.7 Å². The van der Waals surface area contributed by atoms with Crippen LogP contribution < -0.4 is 0 Å². The average molecular weight is 385 g/mol. The van der Waals surface area contributed by atoms with Crippen LogP contribution in [0.25, 0.3) is 0 Å². The van der Waals surface area contributed by atoms with Gasteiger partial charge in [-0.15, -0.1) is 0 Å². The molecule has 0 unspecified atom stereocenters. The second-order valence-corrected chi connectivity index (χ2v) is 8.71. The summed E-state index contributed by atoms with van der Waals surface area (Å²) >= 11 is 0. The quantitative estimate of drug-likeness (QED) is 0.288. The van der Waals surface area contributed by atoms with Crippen molar-refractivity contribution in [3.63, 3.8) is 0 Å². The van der Waals surface area contributed by atoms with Gasteiger partial charge in [-0.3, -0.25) is 8.97 Å². The molecule has 150 valence electrons. The fraction of sp³-hybridized carbons (Fsp3) is 0.364. The zero-order valence-corrected chi connectivity index (χ0v) is 17.8. The average Bonchev–Trinajstić information content (AvgIpc) is 2.63. The topological polar surface area (TPSA) is 43.2 Å². The Hall–Kier alpha value is -2.70. The molecule has 0 aromatic heterocycles. The molecular weight excluding hydrogens is 352 g/mol. The lowest BCUT2D eigenvalue weighted by molar-refractivity contribution is -0.891. The van der Waals surface area contributed by atoms with Crippen molar-refractivity contribution in [2.24, 2.45) is 10.3 Å². The van der Waals surface area contributed by atoms with Gasteiger partial charge in [0.25, 0.3) is 0 Å². The van der Waals surface area contributed by atoms with E-state index in [1.54, 1.807) is 0 Å². The van der Waals surface area contributed by atoms with Crippen molar-refractivity contribution in [1.29, 1.82) is 0 Å². The lowest BCUT2D eigenvalue weighted by atomic mass is 10.00. The molecule has 0 saturated carbocycles. The van der Waals surface area contributed by atoms with E-state index in [1.807, 2.05) is 103 Å². The Morgan fingerprint density at radius 3 is 1.21 bits per heavy atom. The fourth-order valence-corrected chi connectivity index (χ4v) is 2.19. The van der Waals surface area contributed by atoms with Gasteiger partial charge in [0.1, 0.15) is 11.4 Å². The second kappa shape index (κ2) is 9.48. The normalized spacial score (nSPS) is 13.4. The van der Waals surface area contributed by atoms with E-state index in [9.17, 15) is 0 Å². The van der Waals surface area contributed by atoms with Gasteiger partial charge < -0.3 is 9.68 Å². The van der Waals surface area contributed by atoms with E-state index in [-0.39, 0.29) is 0 Å². The molecule has 6 heteroatoms. The van der Waals surface area contributed by atoms with Crippen molar-refractivity contribution in [3.05, 3.63) is 71.8 Å². The van der Waals surface area contributed by atoms with Gasteiger partial charge >= 0.3 is 0 Å². The summed E-state index contributed by atoms with van der Waals surface area (Å²) in [5.41, 5.74) is 3.11. The minimum atomic E-state index is 0.443. The SMILES string of the molecule is C[N+](C)(C)CO/N=C(\C(=N/OC[N+](C)(C)C)c1ccccc1)c1ccccc1. The minimum absolute atomic E-state index is 0.443. The number of benzene rings is 2. The van der Waals surface area contributed by atoms with E-state index in [0.29, 0.717) is 33.9 Å². The summed E-state index contributed by atoms with van der Waals surface area (Å²) in [6.07, 6.45) is 0. The van der Waals surface area contributed by atoms with Crippen LogP contribution in [-0.4, -0.2) is 76.1 Å². The van der Waals surface area contributed by atoms with Crippen molar-refractivity contribution in [1.82, 2.24) is 0 Å². The zero-order valence-electron chi connectivity index (χ0n) is 17.8. The summed E-state index contributed by atoms with van der Waals surface area (Å²) in [6.45, 7) is 0.885. The monoisotopic (exact) mass is 384 g/mol. The molecule has 0 aliphatic heterocycles. The Kier molecular flexibility index (Phi) is 7.31. The molecule has 2 aromatic carbocycles. The first kappa shape index (κ1) is 21.6. The van der Waals surface area contributed by atoms with Gasteiger partial charge in [-0.25, -0.2) is 0 Å². The molecule has 0 N–H and O–H groups in total. The van der Waals surface area contributed by atoms with Crippen LogP contribution >= 0.6 is 0 Å². The Bertz CT molecular complexity index is 719. The van der Waals surface area contributed by atoms with Gasteiger partial charge in [0.05, 0.1) is 42.3 Å². The van der Waals surface area contributed by atoms with Crippen LogP contribution in [-0.2, 0) is 9.68 Å². The van der Waals surface area contributed by atoms with E-state index in [1.165, 1.54) is 0 Å². The van der Waals surface area contributed by atoms with Crippen LogP contribution in [0.15, 0.2) is 71.0 Å². The van der Waals surface area contributed by atoms with Crippen LogP contribution in [0.2, 0.25) is 0 Å². The van der Waals surface area contributed by atoms with Crippen LogP contribution in [0.4, 0.5) is 0 Å². The predicted octanol–water partition coefficient (Wildman–Crippen LogP) is 3.16. The van der Waals surface area contributed by atoms with E-state index in [0.717, 1.165) is 11.1 Å². The van der Waals surface area contributed by atoms with E-state index in [4.69, 9.17) is 9.68 Å². The molecule has 0 saturated heterocycles. The standard InChI is InChI=1S/C22H32N4O2/c1-25(2,3)17-27-23-21(19-13-9-7-10-14-19)22(20-15-11-8-12-16-20)24-28-18-26(4,5)6/h7-16H,17-18H2,1-6H3/q+2/b23-21-,24-22-. The molecule has 0 radical (unpaired) electrons. The largest absolute Gasteiger partial charge is 0.340 e. The van der Waals surface area contributed by atoms with Crippen molar-refractivity contribution in [3.8, 4) is 0 Å². The zero-order chi connectivity index (χ0) is 20.6. The number of quaternary nitrogens is 2. The van der Waals surface area contributed by atoms with E-state index in [2.05, 4.69) is 10.3 Å². The summed E-state index contributed by atoms with van der Waals surface area (Å²) in [5, 5.41) is 8.91. The Morgan fingerprint density at radius 2 is 0.929 bits per heavy atom. The molecule has 6 nitrogen and oxygen atoms in total. The van der Waals surface area contributed by atoms with Gasteiger partial charge in [0, 0.05) is 11.1 Å². The highest BCUT2D eigenvalue weighted by Gasteiger charge is 2.18. The van der Waals surface area contributed by atoms with Crippen LogP contribution in [0.5, 0.6) is 0 Å². The first-order chi connectivity index (χ1) is 13.2. The van der Waals surface area contributed by atoms with Crippen molar-refractivity contribution < 1.29 is 18.6 Å². The molecule has 0 fully saturated rings. The number of nitrogens with zero attached hydrogens (tertiary/aromatic N) is 4. The van der Waals surface area contributed by atoms with Gasteiger partial charge in [-0.2, -0.15) is 0 Å². The molecule has 0 atom stereocenters. The van der Waals surface area contributed by atoms with Crippen LogP contribution in [0.3, 0.4) is 0 Å². The highest BCUT2D eigenvalue weighted by atomic mass is 16.6. The third-order valence-electron chi connectivity index (χ3n) is 3.52. The Labute approximate surface area is 168 Å². The molecule has 0 aliphatic rings. The maximum atomic E-state index is 5.68. The third-order valence-corrected chi connectivity index (χ3v) is 3.52. The summed E-state index contributed by atoms with van der Waals surface area (Å²) in [4.78, 5) is 11.4. The van der Waals surface area contributed by atoms with Crippen LogP contribution in [0.1, 0.15) is 11.1 Å². The molecule has 2 aromatic rings. The van der Waals surface area contributed by atoms with E-state index >= 15 is 0 Å². The highest BCUT2D eigenvalue weighted by Crippen LogP contribution is 2.12. The Balaban J connectivity index is 2.45. The van der Waals surface area contributed by atoms with E-state index < -0.39 is 0 Å². The summed E-state index contributed by atoms with van der Waals surface area (Å²) in [7, 11) is 12.3. The van der Waals surface area contributed by atoms with Gasteiger partial charge in [0.15, 0.2) is 0 Å². The lowest BCUT2D eigenvalue weighted by Crippen LogP contribution is -2.36. The highest BCUT2D eigenvalue weighted by molar-refractivity contribution is 6.53. The molecule has 0 amide bonds. The maximum absolute atomic E-state index is 5.68. The minimum Gasteiger partial charge on any atom is -0.340 e. The number of oxime groups is 2. The molecule has 28 heavy (non-hydrogen) atoms. The molecule has 0 spiro atoms. The fourth-order valence-electron chi connectivity index (χ4n) is 2.19. The van der Waals surface area contributed by atoms with Crippen molar-refractivity contribution >= 4 is 11.4 Å².